The van der Waals surface area contributed by atoms with Crippen molar-refractivity contribution in [2.24, 2.45) is 4.99 Å². The number of aliphatic imine (C=N–C) groups is 1. The van der Waals surface area contributed by atoms with E-state index < -0.39 is 0 Å². The van der Waals surface area contributed by atoms with Gasteiger partial charge in [0, 0.05) is 18.0 Å². The highest BCUT2D eigenvalue weighted by Crippen LogP contribution is 2.49. The van der Waals surface area contributed by atoms with Crippen LogP contribution in [0.2, 0.25) is 0 Å². The molecule has 2 aliphatic rings. The van der Waals surface area contributed by atoms with Gasteiger partial charge in [-0.2, -0.15) is 0 Å². The lowest BCUT2D eigenvalue weighted by Crippen LogP contribution is -2.35. The molecule has 27 heavy (non-hydrogen) atoms. The molecule has 0 amide bonds. The Balaban J connectivity index is 1.77. The monoisotopic (exact) mass is 383 g/mol. The Morgan fingerprint density at radius 3 is 2.78 bits per heavy atom. The van der Waals surface area contributed by atoms with Gasteiger partial charge in [-0.05, 0) is 43.2 Å². The van der Waals surface area contributed by atoms with Crippen molar-refractivity contribution in [1.29, 1.82) is 0 Å². The zero-order chi connectivity index (χ0) is 18.8. The molecule has 1 saturated heterocycles. The highest BCUT2D eigenvalue weighted by Gasteiger charge is 2.45. The van der Waals surface area contributed by atoms with Crippen molar-refractivity contribution >= 4 is 16.9 Å². The molecule has 0 unspecified atom stereocenters. The first-order chi connectivity index (χ1) is 13.3. The molecule has 1 aromatic carbocycles. The van der Waals surface area contributed by atoms with E-state index in [9.17, 15) is 0 Å². The van der Waals surface area contributed by atoms with E-state index in [0.29, 0.717) is 12.6 Å². The third-order valence-electron chi connectivity index (χ3n) is 5.16. The number of pyridine rings is 1. The number of benzene rings is 1. The molecule has 2 aromatic rings. The van der Waals surface area contributed by atoms with Crippen molar-refractivity contribution in [3.63, 3.8) is 0 Å². The number of nitrogens with zero attached hydrogens (tertiary/aromatic N) is 3. The Morgan fingerprint density at radius 2 is 2.07 bits per heavy atom. The van der Waals surface area contributed by atoms with E-state index in [1.165, 1.54) is 5.56 Å². The zero-order valence-corrected chi connectivity index (χ0v) is 16.8. The van der Waals surface area contributed by atoms with E-state index in [1.54, 1.807) is 7.11 Å². The molecular weight excluding hydrogens is 358 g/mol. The van der Waals surface area contributed by atoms with Crippen LogP contribution in [0.4, 0.5) is 0 Å². The Labute approximate surface area is 164 Å². The normalized spacial score (nSPS) is 23.9. The molecule has 0 aliphatic carbocycles. The van der Waals surface area contributed by atoms with Crippen molar-refractivity contribution in [3.05, 3.63) is 53.9 Å². The van der Waals surface area contributed by atoms with Crippen LogP contribution >= 0.6 is 11.8 Å². The summed E-state index contributed by atoms with van der Waals surface area (Å²) in [5.41, 5.74) is 2.19. The Kier molecular flexibility index (Phi) is 5.25. The van der Waals surface area contributed by atoms with Crippen LogP contribution in [0, 0.1) is 0 Å². The van der Waals surface area contributed by atoms with E-state index in [2.05, 4.69) is 35.0 Å². The average Bonchev–Trinajstić information content (AvgIpc) is 3.28. The molecule has 1 aromatic heterocycles. The molecule has 4 rings (SSSR count). The van der Waals surface area contributed by atoms with Gasteiger partial charge in [0.05, 0.1) is 25.5 Å². The van der Waals surface area contributed by atoms with Gasteiger partial charge >= 0.3 is 0 Å². The second-order valence-corrected chi connectivity index (χ2v) is 7.67. The summed E-state index contributed by atoms with van der Waals surface area (Å²) in [7, 11) is 1.69. The van der Waals surface area contributed by atoms with Gasteiger partial charge in [0.15, 0.2) is 16.7 Å². The average molecular weight is 384 g/mol. The molecule has 0 spiro atoms. The topological polar surface area (TPSA) is 47.0 Å². The maximum Gasteiger partial charge on any atom is 0.161 e. The zero-order valence-electron chi connectivity index (χ0n) is 16.0. The van der Waals surface area contributed by atoms with E-state index in [4.69, 9.17) is 14.5 Å². The molecule has 1 fully saturated rings. The smallest absolute Gasteiger partial charge is 0.161 e. The number of rotatable bonds is 6. The first-order valence-electron chi connectivity index (χ1n) is 9.47. The molecule has 3 heterocycles. The third-order valence-corrected chi connectivity index (χ3v) is 6.28. The number of fused-ring (bicyclic) bond motifs is 1. The van der Waals surface area contributed by atoms with Crippen LogP contribution in [0.5, 0.6) is 11.5 Å². The van der Waals surface area contributed by atoms with Crippen molar-refractivity contribution < 1.29 is 9.47 Å². The highest BCUT2D eigenvalue weighted by molar-refractivity contribution is 8.14. The lowest BCUT2D eigenvalue weighted by atomic mass is 9.95. The van der Waals surface area contributed by atoms with Gasteiger partial charge in [0.2, 0.25) is 0 Å². The van der Waals surface area contributed by atoms with Crippen LogP contribution < -0.4 is 9.47 Å². The second kappa shape index (κ2) is 7.80. The summed E-state index contributed by atoms with van der Waals surface area (Å²) < 4.78 is 11.3. The van der Waals surface area contributed by atoms with E-state index in [1.807, 2.05) is 43.1 Å². The number of hydrogen-bond acceptors (Lipinski definition) is 6. The largest absolute Gasteiger partial charge is 0.493 e. The molecule has 0 N–H and O–H groups in total. The number of thioether (sulfide) groups is 1. The summed E-state index contributed by atoms with van der Waals surface area (Å²) in [4.78, 5) is 12.2. The lowest BCUT2D eigenvalue weighted by Gasteiger charge is -2.32. The summed E-state index contributed by atoms with van der Waals surface area (Å²) in [5, 5.41) is 1.13. The summed E-state index contributed by atoms with van der Waals surface area (Å²) >= 11 is 1.86. The minimum Gasteiger partial charge on any atom is -0.493 e. The van der Waals surface area contributed by atoms with Gasteiger partial charge in [0.1, 0.15) is 6.04 Å². The Bertz CT molecular complexity index is 827. The predicted molar refractivity (Wildman–Crippen MR) is 110 cm³/mol. The summed E-state index contributed by atoms with van der Waals surface area (Å²) in [6.45, 7) is 4.84. The summed E-state index contributed by atoms with van der Waals surface area (Å²) in [5.74, 6) is 2.64. The Hall–Kier alpha value is -2.21. The number of aromatic nitrogens is 1. The van der Waals surface area contributed by atoms with Crippen LogP contribution in [-0.4, -0.2) is 40.6 Å². The third kappa shape index (κ3) is 3.27. The van der Waals surface area contributed by atoms with Crippen molar-refractivity contribution in [1.82, 2.24) is 9.88 Å². The fraction of sp³-hybridized carbons (Fsp3) is 0.429. The van der Waals surface area contributed by atoms with Gasteiger partial charge < -0.3 is 14.4 Å². The fourth-order valence-corrected chi connectivity index (χ4v) is 5.19. The van der Waals surface area contributed by atoms with Gasteiger partial charge in [0.25, 0.3) is 0 Å². The van der Waals surface area contributed by atoms with Crippen LogP contribution in [0.25, 0.3) is 0 Å². The first-order valence-corrected chi connectivity index (χ1v) is 10.5. The lowest BCUT2D eigenvalue weighted by molar-refractivity contribution is 0.254. The molecule has 6 heteroatoms. The molecule has 5 nitrogen and oxygen atoms in total. The first kappa shape index (κ1) is 18.2. The van der Waals surface area contributed by atoms with E-state index >= 15 is 0 Å². The van der Waals surface area contributed by atoms with E-state index in [-0.39, 0.29) is 12.1 Å². The molecule has 0 saturated carbocycles. The van der Waals surface area contributed by atoms with Gasteiger partial charge in [-0.25, -0.2) is 0 Å². The van der Waals surface area contributed by atoms with Gasteiger partial charge in [-0.1, -0.05) is 30.8 Å². The maximum atomic E-state index is 5.70. The van der Waals surface area contributed by atoms with Crippen molar-refractivity contribution in [3.8, 4) is 11.5 Å². The standard InChI is InChI=1S/C21H25N3O2S/c1-4-15-13-27-21-23-19(16-8-6-7-11-22-16)20(24(15)21)14-9-10-17(26-5-2)18(12-14)25-3/h6-12,15,19-20H,4-5,13H2,1-3H3/t15-,19-,20+/m1/s1. The quantitative estimate of drug-likeness (QED) is 0.737. The molecular formula is C21H25N3O2S. The molecule has 3 atom stereocenters. The number of ether oxygens (including phenoxy) is 2. The summed E-state index contributed by atoms with van der Waals surface area (Å²) in [6.07, 6.45) is 2.95. The highest BCUT2D eigenvalue weighted by atomic mass is 32.2. The fourth-order valence-electron chi connectivity index (χ4n) is 3.85. The van der Waals surface area contributed by atoms with Gasteiger partial charge in [-0.15, -0.1) is 0 Å². The Morgan fingerprint density at radius 1 is 1.19 bits per heavy atom. The minimum atomic E-state index is -0.00861. The van der Waals surface area contributed by atoms with Crippen molar-refractivity contribution in [2.75, 3.05) is 19.5 Å². The van der Waals surface area contributed by atoms with Gasteiger partial charge in [-0.3, -0.25) is 9.98 Å². The minimum absolute atomic E-state index is 0.00861. The molecule has 2 aliphatic heterocycles. The summed E-state index contributed by atoms with van der Waals surface area (Å²) in [6, 6.07) is 12.9. The second-order valence-electron chi connectivity index (χ2n) is 6.68. The number of amidine groups is 1. The van der Waals surface area contributed by atoms with Crippen molar-refractivity contribution in [2.45, 2.75) is 38.4 Å². The van der Waals surface area contributed by atoms with Crippen LogP contribution in [0.1, 0.15) is 43.6 Å². The predicted octanol–water partition coefficient (Wildman–Crippen LogP) is 4.47. The van der Waals surface area contributed by atoms with Crippen LogP contribution in [0.3, 0.4) is 0 Å². The van der Waals surface area contributed by atoms with E-state index in [0.717, 1.165) is 34.5 Å². The van der Waals surface area contributed by atoms with Crippen LogP contribution in [-0.2, 0) is 0 Å². The maximum absolute atomic E-state index is 5.70. The molecule has 142 valence electrons. The molecule has 0 radical (unpaired) electrons. The molecule has 0 bridgehead atoms. The number of methoxy groups -OCH3 is 1. The SMILES string of the molecule is CCOc1ccc([C@H]2[C@@H](c3ccccn3)N=C3SC[C@@H](CC)N32)cc1OC. The number of hydrogen-bond donors (Lipinski definition) is 0. The van der Waals surface area contributed by atoms with Crippen LogP contribution in [0.15, 0.2) is 47.6 Å².